The molecule has 1 atom stereocenters. The molecule has 1 aliphatic heterocycles. The number of ether oxygens (including phenoxy) is 1. The molecule has 1 amide bonds. The van der Waals surface area contributed by atoms with Crippen molar-refractivity contribution in [3.63, 3.8) is 0 Å². The molecule has 0 spiro atoms. The first kappa shape index (κ1) is 26.9. The van der Waals surface area contributed by atoms with E-state index in [1.165, 1.54) is 0 Å². The number of benzene rings is 4. The first-order valence-electron chi connectivity index (χ1n) is 12.5. The van der Waals surface area contributed by atoms with Crippen LogP contribution in [0.15, 0.2) is 122 Å². The Morgan fingerprint density at radius 3 is 2.07 bits per heavy atom. The van der Waals surface area contributed by atoms with Crippen molar-refractivity contribution in [2.75, 3.05) is 0 Å². The number of nitrogens with zero attached hydrogens (tertiary/aromatic N) is 6. The maximum Gasteiger partial charge on any atom is 0.298 e. The molecule has 4 aromatic carbocycles. The van der Waals surface area contributed by atoms with Crippen LogP contribution in [-0.4, -0.2) is 24.2 Å². The highest BCUT2D eigenvalue weighted by atomic mass is 16.5. The largest absolute Gasteiger partial charge is 0.429 e. The van der Waals surface area contributed by atoms with Gasteiger partial charge in [-0.05, 0) is 67.1 Å². The van der Waals surface area contributed by atoms with Gasteiger partial charge in [-0.2, -0.15) is 25.6 Å². The predicted octanol–water partition coefficient (Wildman–Crippen LogP) is 7.57. The molecule has 0 saturated carbocycles. The molecule has 0 aromatic heterocycles. The second kappa shape index (κ2) is 12.0. The molecule has 1 fully saturated rings. The minimum atomic E-state index is -1.20. The number of hydrogen-bond acceptors (Lipinski definition) is 10. The van der Waals surface area contributed by atoms with E-state index in [-0.39, 0.29) is 12.2 Å². The Hall–Kier alpha value is -5.71. The first-order chi connectivity index (χ1) is 19.9. The summed E-state index contributed by atoms with van der Waals surface area (Å²) in [6.45, 7) is 5.89. The van der Waals surface area contributed by atoms with Crippen LogP contribution in [-0.2, 0) is 14.4 Å². The lowest BCUT2D eigenvalue weighted by Crippen LogP contribution is -2.43. The van der Waals surface area contributed by atoms with E-state index in [1.54, 1.807) is 48.5 Å². The number of nitrogens with one attached hydrogen (secondary N) is 1. The maximum atomic E-state index is 12.2. The molecular formula is C30H23N7O4. The summed E-state index contributed by atoms with van der Waals surface area (Å²) in [6.07, 6.45) is 0.0336. The van der Waals surface area contributed by atoms with Gasteiger partial charge in [0.25, 0.3) is 12.4 Å². The zero-order valence-corrected chi connectivity index (χ0v) is 21.9. The van der Waals surface area contributed by atoms with Crippen molar-refractivity contribution < 1.29 is 19.1 Å². The van der Waals surface area contributed by atoms with Crippen LogP contribution >= 0.6 is 0 Å². The minimum Gasteiger partial charge on any atom is -0.429 e. The van der Waals surface area contributed by atoms with Gasteiger partial charge in [0.1, 0.15) is 5.75 Å². The summed E-state index contributed by atoms with van der Waals surface area (Å²) < 4.78 is 4.78. The summed E-state index contributed by atoms with van der Waals surface area (Å²) in [5.41, 5.74) is 4.25. The Kier molecular flexibility index (Phi) is 7.86. The highest BCUT2D eigenvalue weighted by molar-refractivity contribution is 6.09. The van der Waals surface area contributed by atoms with Crippen molar-refractivity contribution in [2.24, 2.45) is 30.7 Å². The number of fused-ring (bicyclic) bond motifs is 1. The summed E-state index contributed by atoms with van der Waals surface area (Å²) in [7, 11) is 0. The minimum absolute atomic E-state index is 0.0336. The smallest absolute Gasteiger partial charge is 0.298 e. The van der Waals surface area contributed by atoms with Gasteiger partial charge in [0, 0.05) is 22.9 Å². The van der Waals surface area contributed by atoms with Gasteiger partial charge in [-0.1, -0.05) is 30.8 Å². The molecule has 11 heteroatoms. The van der Waals surface area contributed by atoms with Gasteiger partial charge < -0.3 is 10.1 Å². The molecule has 41 heavy (non-hydrogen) atoms. The SMILES string of the molecule is C=C1CC(=O)C(N=Nc2ccc(N=Nc3ccc(N=Nc4ccc(OC=O)cc4)c(C)c3)c3ccccc23)C(=O)N1. The van der Waals surface area contributed by atoms with Crippen LogP contribution in [0, 0.1) is 6.92 Å². The Morgan fingerprint density at radius 2 is 1.41 bits per heavy atom. The second-order valence-electron chi connectivity index (χ2n) is 9.08. The highest BCUT2D eigenvalue weighted by Gasteiger charge is 2.31. The van der Waals surface area contributed by atoms with Crippen LogP contribution < -0.4 is 10.1 Å². The number of aryl methyl sites for hydroxylation is 1. The quantitative estimate of drug-likeness (QED) is 0.138. The molecule has 4 aromatic rings. The third-order valence-corrected chi connectivity index (χ3v) is 6.15. The van der Waals surface area contributed by atoms with E-state index in [2.05, 4.69) is 42.6 Å². The highest BCUT2D eigenvalue weighted by Crippen LogP contribution is 2.35. The number of carbonyl (C=O) groups is 3. The monoisotopic (exact) mass is 545 g/mol. The average molecular weight is 546 g/mol. The number of Topliss-reactive ketones (excluding diaryl/α,β-unsaturated/α-hetero) is 1. The van der Waals surface area contributed by atoms with Gasteiger partial charge in [-0.25, -0.2) is 0 Å². The van der Waals surface area contributed by atoms with Crippen LogP contribution in [0.1, 0.15) is 12.0 Å². The van der Waals surface area contributed by atoms with Crippen molar-refractivity contribution in [2.45, 2.75) is 19.4 Å². The number of carbonyl (C=O) groups excluding carboxylic acids is 3. The second-order valence-corrected chi connectivity index (χ2v) is 9.08. The average Bonchev–Trinajstić information content (AvgIpc) is 2.96. The number of azo groups is 3. The van der Waals surface area contributed by atoms with E-state index in [4.69, 9.17) is 4.74 Å². The number of ketones is 1. The third kappa shape index (κ3) is 6.31. The maximum absolute atomic E-state index is 12.2. The molecule has 1 heterocycles. The molecule has 1 aliphatic rings. The van der Waals surface area contributed by atoms with Crippen LogP contribution in [0.2, 0.25) is 0 Å². The predicted molar refractivity (Wildman–Crippen MR) is 152 cm³/mol. The lowest BCUT2D eigenvalue weighted by molar-refractivity contribution is -0.131. The van der Waals surface area contributed by atoms with Crippen molar-refractivity contribution in [1.82, 2.24) is 5.32 Å². The Labute approximate surface area is 234 Å². The molecule has 1 saturated heterocycles. The molecule has 0 bridgehead atoms. The fourth-order valence-electron chi connectivity index (χ4n) is 4.10. The Bertz CT molecular complexity index is 1740. The fourth-order valence-corrected chi connectivity index (χ4v) is 4.10. The lowest BCUT2D eigenvalue weighted by atomic mass is 10.0. The molecule has 0 aliphatic carbocycles. The van der Waals surface area contributed by atoms with E-state index in [0.29, 0.717) is 46.4 Å². The number of amides is 1. The lowest BCUT2D eigenvalue weighted by Gasteiger charge is -2.18. The van der Waals surface area contributed by atoms with Gasteiger partial charge >= 0.3 is 0 Å². The van der Waals surface area contributed by atoms with E-state index in [9.17, 15) is 14.4 Å². The van der Waals surface area contributed by atoms with Crippen molar-refractivity contribution >= 4 is 57.4 Å². The van der Waals surface area contributed by atoms with E-state index in [0.717, 1.165) is 16.3 Å². The molecule has 1 unspecified atom stereocenters. The summed E-state index contributed by atoms with van der Waals surface area (Å²) in [6, 6.07) is 21.8. The Balaban J connectivity index is 1.34. The van der Waals surface area contributed by atoms with Crippen molar-refractivity contribution in [1.29, 1.82) is 0 Å². The summed E-state index contributed by atoms with van der Waals surface area (Å²) in [5.74, 6) is -0.458. The summed E-state index contributed by atoms with van der Waals surface area (Å²) in [4.78, 5) is 34.8. The number of rotatable bonds is 8. The standard InChI is InChI=1S/C30H23N7O4/c1-18-15-21(9-12-25(18)34-32-20-7-10-22(11-8-20)41-17-38)33-35-26-13-14-27(24-6-4-3-5-23(24)26)36-37-29-28(39)16-19(2)31-30(29)40/h3-15,17,29H,2,16H2,1H3,(H,31,40). The molecule has 0 radical (unpaired) electrons. The summed E-state index contributed by atoms with van der Waals surface area (Å²) in [5, 5.41) is 29.7. The Morgan fingerprint density at radius 1 is 0.805 bits per heavy atom. The zero-order valence-electron chi connectivity index (χ0n) is 21.9. The zero-order chi connectivity index (χ0) is 28.8. The van der Waals surface area contributed by atoms with Crippen LogP contribution in [0.5, 0.6) is 5.75 Å². The summed E-state index contributed by atoms with van der Waals surface area (Å²) >= 11 is 0. The molecule has 202 valence electrons. The van der Waals surface area contributed by atoms with Crippen LogP contribution in [0.3, 0.4) is 0 Å². The van der Waals surface area contributed by atoms with Gasteiger partial charge in [-0.15, -0.1) is 5.11 Å². The van der Waals surface area contributed by atoms with Gasteiger partial charge in [0.15, 0.2) is 5.78 Å². The third-order valence-electron chi connectivity index (χ3n) is 6.15. The van der Waals surface area contributed by atoms with Crippen molar-refractivity contribution in [3.8, 4) is 5.75 Å². The molecular weight excluding hydrogens is 522 g/mol. The van der Waals surface area contributed by atoms with Gasteiger partial charge in [-0.3, -0.25) is 14.4 Å². The van der Waals surface area contributed by atoms with Crippen LogP contribution in [0.25, 0.3) is 10.8 Å². The number of hydrogen-bond donors (Lipinski definition) is 1. The molecule has 11 nitrogen and oxygen atoms in total. The van der Waals surface area contributed by atoms with Crippen molar-refractivity contribution in [3.05, 3.63) is 96.7 Å². The van der Waals surface area contributed by atoms with Gasteiger partial charge in [0.2, 0.25) is 6.04 Å². The number of allylic oxidation sites excluding steroid dienone is 1. The van der Waals surface area contributed by atoms with Gasteiger partial charge in [0.05, 0.1) is 28.4 Å². The normalized spacial score (nSPS) is 15.7. The first-order valence-corrected chi connectivity index (χ1v) is 12.5. The van der Waals surface area contributed by atoms with E-state index < -0.39 is 11.9 Å². The van der Waals surface area contributed by atoms with Crippen LogP contribution in [0.4, 0.5) is 28.4 Å². The fraction of sp³-hybridized carbons (Fsp3) is 0.100. The molecule has 1 N–H and O–H groups in total. The molecule has 5 rings (SSSR count). The van der Waals surface area contributed by atoms with E-state index >= 15 is 0 Å². The topological polar surface area (TPSA) is 147 Å². The number of piperidine rings is 1. The van der Waals surface area contributed by atoms with E-state index in [1.807, 2.05) is 37.3 Å².